The standard InChI is InChI=1S/C27H25ClN2O6/c1-35-21-8-7-17(28)11-20(21)29-13-16(10-22(29)31)27(34)36-19-4-2-3-18(12-19)30-25(32)23-14-5-6-15(9-14)24(23)26(30)33/h2-4,7-8,11-12,14-16,23-24H,5-6,9-10,13H2,1H3/t14-,15-,16+,23+,24+/m0/s1. The molecule has 2 aliphatic carbocycles. The van der Waals surface area contributed by atoms with Crippen LogP contribution in [-0.2, 0) is 19.2 Å². The molecule has 4 fully saturated rings. The molecule has 0 N–H and O–H groups in total. The minimum atomic E-state index is -0.685. The fraction of sp³-hybridized carbons (Fsp3) is 0.407. The Hall–Kier alpha value is -3.39. The number of benzene rings is 2. The van der Waals surface area contributed by atoms with Crippen LogP contribution < -0.4 is 19.3 Å². The van der Waals surface area contributed by atoms with Crippen LogP contribution in [0.3, 0.4) is 0 Å². The number of amides is 3. The molecule has 36 heavy (non-hydrogen) atoms. The van der Waals surface area contributed by atoms with Crippen LogP contribution in [0, 0.1) is 29.6 Å². The number of nitrogens with zero attached hydrogens (tertiary/aromatic N) is 2. The third-order valence-corrected chi connectivity index (χ3v) is 8.35. The quantitative estimate of drug-likeness (QED) is 0.346. The number of carbonyl (C=O) groups excluding carboxylic acids is 4. The maximum absolute atomic E-state index is 13.1. The normalized spacial score (nSPS) is 28.7. The molecular weight excluding hydrogens is 484 g/mol. The van der Waals surface area contributed by atoms with E-state index in [1.54, 1.807) is 42.5 Å². The average Bonchev–Trinajstić information content (AvgIpc) is 3.62. The van der Waals surface area contributed by atoms with Gasteiger partial charge in [-0.05, 0) is 61.4 Å². The first-order valence-electron chi connectivity index (χ1n) is 12.2. The van der Waals surface area contributed by atoms with Gasteiger partial charge in [0.25, 0.3) is 0 Å². The van der Waals surface area contributed by atoms with Gasteiger partial charge in [-0.1, -0.05) is 17.7 Å². The lowest BCUT2D eigenvalue weighted by molar-refractivity contribution is -0.139. The molecule has 2 bridgehead atoms. The number of methoxy groups -OCH3 is 1. The molecule has 0 aromatic heterocycles. The van der Waals surface area contributed by atoms with Crippen molar-refractivity contribution in [3.05, 3.63) is 47.5 Å². The molecule has 8 nitrogen and oxygen atoms in total. The number of rotatable bonds is 5. The van der Waals surface area contributed by atoms with Gasteiger partial charge in [-0.2, -0.15) is 0 Å². The van der Waals surface area contributed by atoms with E-state index in [0.717, 1.165) is 19.3 Å². The van der Waals surface area contributed by atoms with Crippen LogP contribution in [0.1, 0.15) is 25.7 Å². The smallest absolute Gasteiger partial charge is 0.316 e. The van der Waals surface area contributed by atoms with E-state index in [1.165, 1.54) is 16.9 Å². The molecule has 5 atom stereocenters. The fourth-order valence-corrected chi connectivity index (χ4v) is 6.69. The second-order valence-electron chi connectivity index (χ2n) is 10.0. The Morgan fingerprint density at radius 3 is 2.42 bits per heavy atom. The molecule has 6 rings (SSSR count). The topological polar surface area (TPSA) is 93.2 Å². The molecule has 4 aliphatic rings. The summed E-state index contributed by atoms with van der Waals surface area (Å²) in [6.45, 7) is 0.128. The van der Waals surface area contributed by atoms with Crippen LogP contribution in [0.4, 0.5) is 11.4 Å². The third-order valence-electron chi connectivity index (χ3n) is 8.11. The van der Waals surface area contributed by atoms with Gasteiger partial charge in [0.1, 0.15) is 11.5 Å². The van der Waals surface area contributed by atoms with Crippen molar-refractivity contribution in [1.29, 1.82) is 0 Å². The van der Waals surface area contributed by atoms with Gasteiger partial charge >= 0.3 is 5.97 Å². The van der Waals surface area contributed by atoms with Crippen LogP contribution in [0.5, 0.6) is 11.5 Å². The van der Waals surface area contributed by atoms with E-state index in [0.29, 0.717) is 34.0 Å². The zero-order valence-electron chi connectivity index (χ0n) is 19.7. The van der Waals surface area contributed by atoms with E-state index in [4.69, 9.17) is 21.1 Å². The third kappa shape index (κ3) is 3.58. The Morgan fingerprint density at radius 1 is 1.00 bits per heavy atom. The summed E-state index contributed by atoms with van der Waals surface area (Å²) in [5.74, 6) is -0.915. The number of halogens is 1. The van der Waals surface area contributed by atoms with E-state index >= 15 is 0 Å². The van der Waals surface area contributed by atoms with Gasteiger partial charge in [0.15, 0.2) is 0 Å². The molecule has 3 amide bonds. The molecule has 2 heterocycles. The maximum atomic E-state index is 13.1. The van der Waals surface area contributed by atoms with E-state index in [2.05, 4.69) is 0 Å². The Kier molecular flexibility index (Phi) is 5.52. The zero-order chi connectivity index (χ0) is 25.1. The Labute approximate surface area is 213 Å². The molecular formula is C27H25ClN2O6. The molecule has 2 aromatic rings. The SMILES string of the molecule is COc1ccc(Cl)cc1N1C[C@H](C(=O)Oc2cccc(N3C(=O)[C@@H]4[C@H]5CC[C@@H](C5)[C@H]4C3=O)c2)CC1=O. The van der Waals surface area contributed by atoms with Crippen LogP contribution in [-0.4, -0.2) is 37.3 Å². The van der Waals surface area contributed by atoms with Gasteiger partial charge in [0.2, 0.25) is 17.7 Å². The summed E-state index contributed by atoms with van der Waals surface area (Å²) in [6.07, 6.45) is 2.98. The lowest BCUT2D eigenvalue weighted by Crippen LogP contribution is -2.32. The average molecular weight is 509 g/mol. The molecule has 0 radical (unpaired) electrons. The first kappa shape index (κ1) is 23.0. The van der Waals surface area contributed by atoms with E-state index < -0.39 is 11.9 Å². The number of anilines is 2. The van der Waals surface area contributed by atoms with E-state index in [9.17, 15) is 19.2 Å². The van der Waals surface area contributed by atoms with Gasteiger partial charge in [0, 0.05) is 24.1 Å². The van der Waals surface area contributed by atoms with Crippen LogP contribution >= 0.6 is 11.6 Å². The summed E-state index contributed by atoms with van der Waals surface area (Å²) in [5, 5.41) is 0.449. The van der Waals surface area contributed by atoms with E-state index in [1.807, 2.05) is 0 Å². The van der Waals surface area contributed by atoms with Gasteiger partial charge < -0.3 is 14.4 Å². The van der Waals surface area contributed by atoms with Crippen molar-refractivity contribution in [2.24, 2.45) is 29.6 Å². The summed E-state index contributed by atoms with van der Waals surface area (Å²) >= 11 is 6.11. The van der Waals surface area contributed by atoms with Crippen LogP contribution in [0.25, 0.3) is 0 Å². The maximum Gasteiger partial charge on any atom is 0.316 e. The monoisotopic (exact) mass is 508 g/mol. The lowest BCUT2D eigenvalue weighted by Gasteiger charge is -2.20. The largest absolute Gasteiger partial charge is 0.495 e. The second-order valence-corrected chi connectivity index (χ2v) is 10.5. The first-order valence-corrected chi connectivity index (χ1v) is 12.6. The van der Waals surface area contributed by atoms with Crippen molar-refractivity contribution < 1.29 is 28.7 Å². The highest BCUT2D eigenvalue weighted by Gasteiger charge is 2.61. The number of imide groups is 1. The highest BCUT2D eigenvalue weighted by atomic mass is 35.5. The summed E-state index contributed by atoms with van der Waals surface area (Å²) in [6, 6.07) is 11.4. The number of esters is 1. The molecule has 0 spiro atoms. The predicted molar refractivity (Wildman–Crippen MR) is 131 cm³/mol. The molecule has 9 heteroatoms. The highest BCUT2D eigenvalue weighted by molar-refractivity contribution is 6.31. The van der Waals surface area contributed by atoms with Crippen LogP contribution in [0.2, 0.25) is 5.02 Å². The van der Waals surface area contributed by atoms with Crippen molar-refractivity contribution in [1.82, 2.24) is 0 Å². The Balaban J connectivity index is 1.17. The van der Waals surface area contributed by atoms with Gasteiger partial charge in [-0.3, -0.25) is 19.2 Å². The van der Waals surface area contributed by atoms with E-state index in [-0.39, 0.29) is 48.3 Å². The van der Waals surface area contributed by atoms with Crippen molar-refractivity contribution in [3.63, 3.8) is 0 Å². The Bertz CT molecular complexity index is 1270. The second kappa shape index (κ2) is 8.62. The first-order chi connectivity index (χ1) is 17.4. The lowest BCUT2D eigenvalue weighted by atomic mass is 9.81. The zero-order valence-corrected chi connectivity index (χ0v) is 20.4. The number of hydrogen-bond donors (Lipinski definition) is 0. The molecule has 2 saturated carbocycles. The molecule has 186 valence electrons. The number of ether oxygens (including phenoxy) is 2. The summed E-state index contributed by atoms with van der Waals surface area (Å²) in [5.41, 5.74) is 0.912. The Morgan fingerprint density at radius 2 is 1.72 bits per heavy atom. The van der Waals surface area contributed by atoms with Crippen molar-refractivity contribution >= 4 is 46.7 Å². The van der Waals surface area contributed by atoms with Crippen molar-refractivity contribution in [2.45, 2.75) is 25.7 Å². The van der Waals surface area contributed by atoms with Gasteiger partial charge in [-0.25, -0.2) is 4.90 Å². The van der Waals surface area contributed by atoms with Gasteiger partial charge in [-0.15, -0.1) is 0 Å². The minimum Gasteiger partial charge on any atom is -0.495 e. The summed E-state index contributed by atoms with van der Waals surface area (Å²) < 4.78 is 11.0. The fourth-order valence-electron chi connectivity index (χ4n) is 6.52. The minimum absolute atomic E-state index is 0.0105. The number of hydrogen-bond acceptors (Lipinski definition) is 6. The molecule has 2 saturated heterocycles. The van der Waals surface area contributed by atoms with Gasteiger partial charge in [0.05, 0.1) is 36.2 Å². The number of fused-ring (bicyclic) bond motifs is 5. The van der Waals surface area contributed by atoms with Crippen molar-refractivity contribution in [3.8, 4) is 11.5 Å². The van der Waals surface area contributed by atoms with Crippen LogP contribution in [0.15, 0.2) is 42.5 Å². The highest BCUT2D eigenvalue weighted by Crippen LogP contribution is 2.56. The summed E-state index contributed by atoms with van der Waals surface area (Å²) in [4.78, 5) is 54.7. The van der Waals surface area contributed by atoms with Crippen molar-refractivity contribution in [2.75, 3.05) is 23.5 Å². The molecule has 2 aliphatic heterocycles. The number of carbonyl (C=O) groups is 4. The molecule has 0 unspecified atom stereocenters. The predicted octanol–water partition coefficient (Wildman–Crippen LogP) is 3.84. The molecule has 2 aromatic carbocycles. The summed E-state index contributed by atoms with van der Waals surface area (Å²) in [7, 11) is 1.50.